The number of nitrogens with one attached hydrogen (secondary N) is 2. The first kappa shape index (κ1) is 13.7. The Balaban J connectivity index is 1.74. The van der Waals surface area contributed by atoms with Gasteiger partial charge in [-0.3, -0.25) is 15.8 Å². The fraction of sp³-hybridized carbons (Fsp3) is 0.364. The molecule has 1 aromatic rings. The largest absolute Gasteiger partial charge is 0.506 e. The van der Waals surface area contributed by atoms with Crippen LogP contribution >= 0.6 is 12.2 Å². The molecule has 2 heterocycles. The van der Waals surface area contributed by atoms with Crippen LogP contribution in [0.3, 0.4) is 0 Å². The molecule has 19 heavy (non-hydrogen) atoms. The maximum atomic E-state index is 9.08. The van der Waals surface area contributed by atoms with Gasteiger partial charge in [-0.2, -0.15) is 5.10 Å². The number of rotatable bonds is 3. The number of nitrogens with zero attached hydrogens (tertiary/aromatic N) is 3. The Bertz CT molecular complexity index is 445. The Morgan fingerprint density at radius 3 is 2.95 bits per heavy atom. The summed E-state index contributed by atoms with van der Waals surface area (Å²) < 4.78 is 5.23. The van der Waals surface area contributed by atoms with Crippen molar-refractivity contribution >= 4 is 23.5 Å². The topological polar surface area (TPSA) is 82.0 Å². The fourth-order valence-electron chi connectivity index (χ4n) is 1.47. The maximum Gasteiger partial charge on any atom is 0.201 e. The molecule has 1 saturated heterocycles. The standard InChI is InChI=1S/C11H15N5O2S/c17-10-2-1-9(12-8-10)7-13-14-11(19)15-16-3-5-18-6-4-16/h1-2,7-8,17H,3-6H2,(H2,14,15,19)/b13-7+. The zero-order chi connectivity index (χ0) is 13.5. The Hall–Kier alpha value is -1.77. The van der Waals surface area contributed by atoms with Gasteiger partial charge in [-0.1, -0.05) is 0 Å². The van der Waals surface area contributed by atoms with E-state index in [1.165, 1.54) is 12.4 Å². The molecule has 1 aromatic heterocycles. The number of aromatic hydroxyl groups is 1. The van der Waals surface area contributed by atoms with E-state index < -0.39 is 0 Å². The normalized spacial score (nSPS) is 16.4. The van der Waals surface area contributed by atoms with Crippen molar-refractivity contribution in [2.45, 2.75) is 0 Å². The van der Waals surface area contributed by atoms with Crippen molar-refractivity contribution in [3.63, 3.8) is 0 Å². The van der Waals surface area contributed by atoms with E-state index >= 15 is 0 Å². The minimum absolute atomic E-state index is 0.120. The lowest BCUT2D eigenvalue weighted by atomic mass is 10.4. The molecule has 7 nitrogen and oxygen atoms in total. The van der Waals surface area contributed by atoms with Gasteiger partial charge >= 0.3 is 0 Å². The average Bonchev–Trinajstić information content (AvgIpc) is 2.42. The van der Waals surface area contributed by atoms with E-state index in [2.05, 4.69) is 20.9 Å². The highest BCUT2D eigenvalue weighted by molar-refractivity contribution is 7.80. The minimum Gasteiger partial charge on any atom is -0.506 e. The van der Waals surface area contributed by atoms with Crippen LogP contribution in [0, 0.1) is 0 Å². The van der Waals surface area contributed by atoms with Crippen LogP contribution in [-0.2, 0) is 4.74 Å². The molecule has 0 amide bonds. The van der Waals surface area contributed by atoms with Crippen molar-refractivity contribution in [1.29, 1.82) is 0 Å². The molecule has 8 heteroatoms. The molecular weight excluding hydrogens is 266 g/mol. The molecule has 0 aliphatic carbocycles. The van der Waals surface area contributed by atoms with Crippen LogP contribution in [0.15, 0.2) is 23.4 Å². The number of thiocarbonyl (C=S) groups is 1. The van der Waals surface area contributed by atoms with Gasteiger partial charge in [0.05, 0.1) is 31.3 Å². The molecular formula is C11H15N5O2S. The lowest BCUT2D eigenvalue weighted by Crippen LogP contribution is -2.50. The predicted octanol–water partition coefficient (Wildman–Crippen LogP) is -0.168. The van der Waals surface area contributed by atoms with Crippen molar-refractivity contribution in [2.75, 3.05) is 26.3 Å². The van der Waals surface area contributed by atoms with Crippen molar-refractivity contribution in [3.8, 4) is 5.75 Å². The lowest BCUT2D eigenvalue weighted by molar-refractivity contribution is 0.0247. The van der Waals surface area contributed by atoms with E-state index in [-0.39, 0.29) is 5.75 Å². The zero-order valence-electron chi connectivity index (χ0n) is 10.2. The summed E-state index contributed by atoms with van der Waals surface area (Å²) in [4.78, 5) is 3.96. The van der Waals surface area contributed by atoms with Gasteiger partial charge in [0.2, 0.25) is 5.11 Å². The number of morpholine rings is 1. The average molecular weight is 281 g/mol. The van der Waals surface area contributed by atoms with Gasteiger partial charge < -0.3 is 9.84 Å². The molecule has 0 unspecified atom stereocenters. The second-order valence-corrected chi connectivity index (χ2v) is 4.26. The van der Waals surface area contributed by atoms with E-state index in [9.17, 15) is 0 Å². The summed E-state index contributed by atoms with van der Waals surface area (Å²) >= 11 is 5.09. The van der Waals surface area contributed by atoms with Gasteiger partial charge in [-0.05, 0) is 24.4 Å². The van der Waals surface area contributed by atoms with Crippen LogP contribution in [0.5, 0.6) is 5.75 Å². The van der Waals surface area contributed by atoms with Crippen molar-refractivity contribution in [3.05, 3.63) is 24.0 Å². The predicted molar refractivity (Wildman–Crippen MR) is 74.8 cm³/mol. The molecule has 0 bridgehead atoms. The third-order valence-electron chi connectivity index (χ3n) is 2.40. The molecule has 0 aromatic carbocycles. The number of hydrogen-bond acceptors (Lipinski definition) is 6. The molecule has 0 atom stereocenters. The molecule has 1 aliphatic heterocycles. The molecule has 0 radical (unpaired) electrons. The highest BCUT2D eigenvalue weighted by Gasteiger charge is 2.10. The first-order chi connectivity index (χ1) is 9.24. The Labute approximate surface area is 116 Å². The molecule has 102 valence electrons. The SMILES string of the molecule is Oc1ccc(/C=N/NC(=S)NN2CCOCC2)nc1. The number of hydrogen-bond donors (Lipinski definition) is 3. The number of pyridine rings is 1. The van der Waals surface area contributed by atoms with E-state index in [0.717, 1.165) is 13.1 Å². The third kappa shape index (κ3) is 4.78. The van der Waals surface area contributed by atoms with Gasteiger partial charge in [0.1, 0.15) is 5.75 Å². The summed E-state index contributed by atoms with van der Waals surface area (Å²) in [5, 5.41) is 15.4. The summed E-state index contributed by atoms with van der Waals surface area (Å²) in [6.45, 7) is 2.95. The summed E-state index contributed by atoms with van der Waals surface area (Å²) in [6, 6.07) is 3.19. The van der Waals surface area contributed by atoms with Gasteiger partial charge in [0, 0.05) is 13.1 Å². The van der Waals surface area contributed by atoms with E-state index in [1.807, 2.05) is 5.01 Å². The summed E-state index contributed by atoms with van der Waals surface area (Å²) in [5.74, 6) is 0.120. The summed E-state index contributed by atoms with van der Waals surface area (Å²) in [6.07, 6.45) is 2.87. The fourth-order valence-corrected chi connectivity index (χ4v) is 1.66. The second kappa shape index (κ2) is 6.98. The minimum atomic E-state index is 0.120. The van der Waals surface area contributed by atoms with Crippen LogP contribution in [0.2, 0.25) is 0 Å². The highest BCUT2D eigenvalue weighted by Crippen LogP contribution is 2.03. The number of hydrazine groups is 1. The zero-order valence-corrected chi connectivity index (χ0v) is 11.1. The monoisotopic (exact) mass is 281 g/mol. The quantitative estimate of drug-likeness (QED) is 0.403. The number of ether oxygens (including phenoxy) is 1. The summed E-state index contributed by atoms with van der Waals surface area (Å²) in [7, 11) is 0. The van der Waals surface area contributed by atoms with Crippen molar-refractivity contribution < 1.29 is 9.84 Å². The van der Waals surface area contributed by atoms with Crippen molar-refractivity contribution in [1.82, 2.24) is 20.8 Å². The van der Waals surface area contributed by atoms with Crippen LogP contribution in [0.4, 0.5) is 0 Å². The second-order valence-electron chi connectivity index (χ2n) is 3.85. The Morgan fingerprint density at radius 2 is 2.26 bits per heavy atom. The van der Waals surface area contributed by atoms with E-state index in [4.69, 9.17) is 22.1 Å². The summed E-state index contributed by atoms with van der Waals surface area (Å²) in [5.41, 5.74) is 6.34. The van der Waals surface area contributed by atoms with Gasteiger partial charge in [0.15, 0.2) is 0 Å². The highest BCUT2D eigenvalue weighted by atomic mass is 32.1. The Kier molecular flexibility index (Phi) is 5.01. The maximum absolute atomic E-state index is 9.08. The smallest absolute Gasteiger partial charge is 0.201 e. The van der Waals surface area contributed by atoms with Gasteiger partial charge in [-0.15, -0.1) is 0 Å². The lowest BCUT2D eigenvalue weighted by Gasteiger charge is -2.27. The molecule has 1 fully saturated rings. The third-order valence-corrected chi connectivity index (χ3v) is 2.59. The molecule has 0 saturated carbocycles. The molecule has 2 rings (SSSR count). The van der Waals surface area contributed by atoms with Gasteiger partial charge in [-0.25, -0.2) is 5.01 Å². The van der Waals surface area contributed by atoms with Crippen LogP contribution in [-0.4, -0.2) is 52.7 Å². The van der Waals surface area contributed by atoms with Crippen molar-refractivity contribution in [2.24, 2.45) is 5.10 Å². The molecule has 0 spiro atoms. The molecule has 1 aliphatic rings. The first-order valence-corrected chi connectivity index (χ1v) is 6.22. The van der Waals surface area contributed by atoms with E-state index in [1.54, 1.807) is 12.1 Å². The van der Waals surface area contributed by atoms with Crippen LogP contribution in [0.25, 0.3) is 0 Å². The van der Waals surface area contributed by atoms with Gasteiger partial charge in [0.25, 0.3) is 0 Å². The molecule has 3 N–H and O–H groups in total. The Morgan fingerprint density at radius 1 is 1.47 bits per heavy atom. The van der Waals surface area contributed by atoms with Crippen LogP contribution in [0.1, 0.15) is 5.69 Å². The van der Waals surface area contributed by atoms with E-state index in [0.29, 0.717) is 24.0 Å². The van der Waals surface area contributed by atoms with Crippen LogP contribution < -0.4 is 10.9 Å². The first-order valence-electron chi connectivity index (χ1n) is 5.81. The number of hydrazone groups is 1. The number of aromatic nitrogens is 1.